The summed E-state index contributed by atoms with van der Waals surface area (Å²) < 4.78 is 44.8. The molecule has 33 heavy (non-hydrogen) atoms. The van der Waals surface area contributed by atoms with Crippen LogP contribution in [0.3, 0.4) is 0 Å². The maximum absolute atomic E-state index is 13.1. The van der Waals surface area contributed by atoms with E-state index >= 15 is 0 Å². The van der Waals surface area contributed by atoms with Gasteiger partial charge < -0.3 is 14.2 Å². The highest BCUT2D eigenvalue weighted by Crippen LogP contribution is 2.35. The van der Waals surface area contributed by atoms with E-state index in [0.29, 0.717) is 4.57 Å². The van der Waals surface area contributed by atoms with E-state index < -0.39 is 28.9 Å². The van der Waals surface area contributed by atoms with Gasteiger partial charge in [0, 0.05) is 31.6 Å². The molecule has 0 atom stereocenters. The number of furan rings is 1. The molecule has 4 rings (SSSR count). The fourth-order valence-corrected chi connectivity index (χ4v) is 3.89. The van der Waals surface area contributed by atoms with E-state index in [9.17, 15) is 32.9 Å². The molecule has 0 bridgehead atoms. The van der Waals surface area contributed by atoms with Crippen molar-refractivity contribution in [1.29, 1.82) is 0 Å². The van der Waals surface area contributed by atoms with Crippen LogP contribution in [0, 0.1) is 10.1 Å². The molecule has 0 radical (unpaired) electrons. The van der Waals surface area contributed by atoms with Crippen molar-refractivity contribution in [2.45, 2.75) is 20.1 Å². The third kappa shape index (κ3) is 4.54. The molecule has 1 amide bonds. The second-order valence-corrected chi connectivity index (χ2v) is 7.23. The Balaban J connectivity index is 0.00000306. The van der Waals surface area contributed by atoms with Crippen molar-refractivity contribution in [3.8, 4) is 0 Å². The second kappa shape index (κ2) is 8.96. The summed E-state index contributed by atoms with van der Waals surface area (Å²) in [6.07, 6.45) is -3.37. The normalized spacial score (nSPS) is 14.3. The third-order valence-corrected chi connectivity index (χ3v) is 5.26. The van der Waals surface area contributed by atoms with Gasteiger partial charge in [0.2, 0.25) is 0 Å². The van der Waals surface area contributed by atoms with Crippen LogP contribution in [0.2, 0.25) is 0 Å². The number of hydrogen-bond acceptors (Lipinski definition) is 6. The van der Waals surface area contributed by atoms with E-state index in [4.69, 9.17) is 4.42 Å². The Bertz CT molecular complexity index is 1230. The second-order valence-electron chi connectivity index (χ2n) is 7.23. The first kappa shape index (κ1) is 23.8. The predicted molar refractivity (Wildman–Crippen MR) is 114 cm³/mol. The number of pyridine rings is 1. The number of hydrogen-bond donors (Lipinski definition) is 0. The fraction of sp³-hybridized carbons (Fsp3) is 0.333. The summed E-state index contributed by atoms with van der Waals surface area (Å²) in [4.78, 5) is 39.2. The van der Waals surface area contributed by atoms with Crippen LogP contribution >= 0.6 is 0 Å². The number of anilines is 1. The van der Waals surface area contributed by atoms with E-state index in [0.717, 1.165) is 0 Å². The Labute approximate surface area is 185 Å². The zero-order valence-corrected chi connectivity index (χ0v) is 16.5. The van der Waals surface area contributed by atoms with E-state index in [1.807, 2.05) is 0 Å². The van der Waals surface area contributed by atoms with Gasteiger partial charge in [0.15, 0.2) is 5.76 Å². The molecule has 0 N–H and O–H groups in total. The smallest absolute Gasteiger partial charge is 0.406 e. The number of halogens is 3. The lowest BCUT2D eigenvalue weighted by Gasteiger charge is -2.36. The van der Waals surface area contributed by atoms with Gasteiger partial charge >= 0.3 is 17.4 Å². The highest BCUT2D eigenvalue weighted by molar-refractivity contribution is 5.97. The van der Waals surface area contributed by atoms with Gasteiger partial charge in [0.05, 0.1) is 16.7 Å². The molecule has 176 valence electrons. The van der Waals surface area contributed by atoms with E-state index in [1.54, 1.807) is 11.0 Å². The van der Waals surface area contributed by atoms with Crippen LogP contribution in [0.5, 0.6) is 0 Å². The number of carbonyl (C=O) groups is 1. The first-order valence-corrected chi connectivity index (χ1v) is 9.62. The van der Waals surface area contributed by atoms with Gasteiger partial charge in [-0.3, -0.25) is 24.3 Å². The first-order chi connectivity index (χ1) is 15.2. The van der Waals surface area contributed by atoms with E-state index in [2.05, 4.69) is 0 Å². The van der Waals surface area contributed by atoms with Crippen LogP contribution in [-0.2, 0) is 6.54 Å². The molecule has 0 saturated carbocycles. The van der Waals surface area contributed by atoms with Crippen LogP contribution in [0.15, 0.2) is 51.9 Å². The third-order valence-electron chi connectivity index (χ3n) is 5.26. The van der Waals surface area contributed by atoms with Gasteiger partial charge in [-0.05, 0) is 18.2 Å². The summed E-state index contributed by atoms with van der Waals surface area (Å²) in [5.74, 6) is -0.181. The number of para-hydroxylation sites is 1. The van der Waals surface area contributed by atoms with Crippen molar-refractivity contribution in [1.82, 2.24) is 9.47 Å². The molecule has 1 aliphatic rings. The van der Waals surface area contributed by atoms with Crippen LogP contribution in [0.25, 0.3) is 10.9 Å². The summed E-state index contributed by atoms with van der Waals surface area (Å²) >= 11 is 0. The van der Waals surface area contributed by atoms with Gasteiger partial charge in [-0.25, -0.2) is 0 Å². The lowest BCUT2D eigenvalue weighted by atomic mass is 10.1. The van der Waals surface area contributed by atoms with Crippen molar-refractivity contribution in [3.05, 3.63) is 68.9 Å². The summed E-state index contributed by atoms with van der Waals surface area (Å²) in [5.41, 5.74) is -2.34. The lowest BCUT2D eigenvalue weighted by Crippen LogP contribution is -2.49. The predicted octanol–water partition coefficient (Wildman–Crippen LogP) is 3.66. The number of amides is 1. The Morgan fingerprint density at radius 3 is 2.33 bits per heavy atom. The zero-order valence-electron chi connectivity index (χ0n) is 16.5. The maximum Gasteiger partial charge on any atom is 0.406 e. The van der Waals surface area contributed by atoms with Crippen molar-refractivity contribution >= 4 is 28.2 Å². The van der Waals surface area contributed by atoms with Crippen molar-refractivity contribution in [2.24, 2.45) is 0 Å². The number of fused-ring (bicyclic) bond motifs is 1. The number of nitro groups is 1. The highest BCUT2D eigenvalue weighted by Gasteiger charge is 2.36. The van der Waals surface area contributed by atoms with Crippen LogP contribution in [0.1, 0.15) is 18.0 Å². The van der Waals surface area contributed by atoms with Crippen LogP contribution in [0.4, 0.5) is 24.5 Å². The lowest BCUT2D eigenvalue weighted by molar-refractivity contribution is -0.385. The maximum atomic E-state index is 13.1. The molecule has 1 aliphatic heterocycles. The van der Waals surface area contributed by atoms with Gasteiger partial charge in [0.25, 0.3) is 5.91 Å². The van der Waals surface area contributed by atoms with Crippen LogP contribution < -0.4 is 10.5 Å². The molecule has 1 saturated heterocycles. The number of nitrogens with zero attached hydrogens (tertiary/aromatic N) is 4. The molecule has 3 heterocycles. The standard InChI is InChI=1S/C20H17F3N4O5.CH4/c21-20(22,23)12-26-14-5-2-1-4-13(14)16(17(19(26)29)27(30)31)24-7-9-25(10-8-24)18(28)15-6-3-11-32-15;/h1-6,11H,7-10,12H2;1H4. The number of piperazine rings is 1. The summed E-state index contributed by atoms with van der Waals surface area (Å²) in [5, 5.41) is 11.9. The van der Waals surface area contributed by atoms with Crippen molar-refractivity contribution in [3.63, 3.8) is 0 Å². The minimum atomic E-state index is -4.74. The number of carbonyl (C=O) groups excluding carboxylic acids is 1. The SMILES string of the molecule is C.O=C(c1ccco1)N1CCN(c2c([N+](=O)[O-])c(=O)n(CC(F)(F)F)c3ccccc23)CC1. The Hall–Kier alpha value is -3.83. The molecule has 12 heteroatoms. The van der Waals surface area contributed by atoms with Crippen molar-refractivity contribution < 1.29 is 27.3 Å². The molecule has 0 spiro atoms. The van der Waals surface area contributed by atoms with Crippen molar-refractivity contribution in [2.75, 3.05) is 31.1 Å². The van der Waals surface area contributed by atoms with E-state index in [-0.39, 0.29) is 61.9 Å². The zero-order chi connectivity index (χ0) is 23.0. The summed E-state index contributed by atoms with van der Waals surface area (Å²) in [6.45, 7) is -0.952. The molecule has 1 aromatic carbocycles. The molecular weight excluding hydrogens is 445 g/mol. The molecule has 0 aliphatic carbocycles. The Kier molecular flexibility index (Phi) is 6.47. The monoisotopic (exact) mass is 466 g/mol. The first-order valence-electron chi connectivity index (χ1n) is 9.62. The Morgan fingerprint density at radius 2 is 1.76 bits per heavy atom. The number of benzene rings is 1. The molecule has 9 nitrogen and oxygen atoms in total. The van der Waals surface area contributed by atoms with Gasteiger partial charge in [-0.1, -0.05) is 25.6 Å². The largest absolute Gasteiger partial charge is 0.459 e. The van der Waals surface area contributed by atoms with Crippen LogP contribution in [-0.4, -0.2) is 52.7 Å². The number of alkyl halides is 3. The quantitative estimate of drug-likeness (QED) is 0.430. The van der Waals surface area contributed by atoms with E-state index in [1.165, 1.54) is 41.5 Å². The topological polar surface area (TPSA) is 102 Å². The Morgan fingerprint density at radius 1 is 1.09 bits per heavy atom. The van der Waals surface area contributed by atoms with Gasteiger partial charge in [0.1, 0.15) is 12.2 Å². The average Bonchev–Trinajstić information content (AvgIpc) is 3.29. The minimum absolute atomic E-state index is 0. The molecule has 2 aromatic heterocycles. The molecule has 3 aromatic rings. The van der Waals surface area contributed by atoms with Gasteiger partial charge in [-0.2, -0.15) is 13.2 Å². The number of aromatic nitrogens is 1. The summed E-state index contributed by atoms with van der Waals surface area (Å²) in [6, 6.07) is 8.87. The molecule has 1 fully saturated rings. The molecular formula is C21H21F3N4O5. The van der Waals surface area contributed by atoms with Gasteiger partial charge in [-0.15, -0.1) is 0 Å². The number of rotatable bonds is 4. The fourth-order valence-electron chi connectivity index (χ4n) is 3.89. The minimum Gasteiger partial charge on any atom is -0.459 e. The average molecular weight is 466 g/mol. The highest BCUT2D eigenvalue weighted by atomic mass is 19.4. The summed E-state index contributed by atoms with van der Waals surface area (Å²) in [7, 11) is 0. The molecule has 0 unspecified atom stereocenters.